The maximum absolute atomic E-state index is 13.9. The molecule has 1 unspecified atom stereocenters. The van der Waals surface area contributed by atoms with Crippen molar-refractivity contribution >= 4 is 11.8 Å². The Morgan fingerprint density at radius 1 is 0.879 bits per heavy atom. The van der Waals surface area contributed by atoms with Gasteiger partial charge in [-0.15, -0.1) is 0 Å². The van der Waals surface area contributed by atoms with Crippen LogP contribution in [-0.2, 0) is 9.59 Å². The molecule has 6 fully saturated rings. The van der Waals surface area contributed by atoms with E-state index in [4.69, 9.17) is 4.74 Å². The van der Waals surface area contributed by atoms with Crippen molar-refractivity contribution in [2.45, 2.75) is 70.3 Å². The number of benzene rings is 1. The molecule has 2 amide bonds. The Hall–Kier alpha value is -2.04. The third-order valence-electron chi connectivity index (χ3n) is 9.45. The first-order valence-corrected chi connectivity index (χ1v) is 13.4. The predicted molar refractivity (Wildman–Crippen MR) is 127 cm³/mol. The molecule has 6 aliphatic rings. The van der Waals surface area contributed by atoms with Crippen molar-refractivity contribution in [1.82, 2.24) is 9.80 Å². The molecule has 0 spiro atoms. The van der Waals surface area contributed by atoms with Crippen molar-refractivity contribution in [3.8, 4) is 5.75 Å². The average molecular weight is 451 g/mol. The Morgan fingerprint density at radius 2 is 1.52 bits per heavy atom. The molecule has 178 valence electrons. The normalized spacial score (nSPS) is 35.8. The van der Waals surface area contributed by atoms with Crippen LogP contribution in [-0.4, -0.2) is 53.9 Å². The summed E-state index contributed by atoms with van der Waals surface area (Å²) >= 11 is 0. The smallest absolute Gasteiger partial charge is 0.245 e. The van der Waals surface area contributed by atoms with Crippen LogP contribution >= 0.6 is 0 Å². The van der Waals surface area contributed by atoms with Gasteiger partial charge in [-0.2, -0.15) is 0 Å². The average Bonchev–Trinajstić information content (AvgIpc) is 3.32. The van der Waals surface area contributed by atoms with E-state index in [0.717, 1.165) is 88.1 Å². The number of hydrogen-bond donors (Lipinski definition) is 0. The molecular weight excluding hydrogens is 412 g/mol. The number of para-hydroxylation sites is 1. The first-order valence-electron chi connectivity index (χ1n) is 13.4. The Labute approximate surface area is 197 Å². The summed E-state index contributed by atoms with van der Waals surface area (Å²) in [7, 11) is 0. The summed E-state index contributed by atoms with van der Waals surface area (Å²) < 4.78 is 5.95. The number of carbonyl (C=O) groups excluding carboxylic acids is 2. The Kier molecular flexibility index (Phi) is 5.62. The van der Waals surface area contributed by atoms with Crippen LogP contribution in [0.15, 0.2) is 30.3 Å². The van der Waals surface area contributed by atoms with E-state index in [9.17, 15) is 9.59 Å². The van der Waals surface area contributed by atoms with Gasteiger partial charge in [-0.3, -0.25) is 9.59 Å². The lowest BCUT2D eigenvalue weighted by Crippen LogP contribution is -2.58. The monoisotopic (exact) mass is 450 g/mol. The molecule has 0 aromatic heterocycles. The molecule has 7 rings (SSSR count). The zero-order valence-electron chi connectivity index (χ0n) is 19.8. The highest BCUT2D eigenvalue weighted by atomic mass is 16.5. The van der Waals surface area contributed by atoms with Crippen LogP contribution in [0, 0.1) is 29.1 Å². The summed E-state index contributed by atoms with van der Waals surface area (Å²) in [6.07, 6.45) is 11.1. The zero-order valence-corrected chi connectivity index (χ0v) is 19.8. The highest BCUT2D eigenvalue weighted by molar-refractivity contribution is 5.91. The Balaban J connectivity index is 1.06. The molecule has 5 heteroatoms. The van der Waals surface area contributed by atoms with Crippen LogP contribution in [0.3, 0.4) is 0 Å². The molecule has 0 N–H and O–H groups in total. The van der Waals surface area contributed by atoms with Crippen molar-refractivity contribution in [1.29, 1.82) is 0 Å². The molecule has 1 atom stereocenters. The topological polar surface area (TPSA) is 49.9 Å². The van der Waals surface area contributed by atoms with E-state index in [0.29, 0.717) is 18.4 Å². The minimum absolute atomic E-state index is 0.139. The van der Waals surface area contributed by atoms with Crippen molar-refractivity contribution in [2.75, 3.05) is 26.2 Å². The molecule has 33 heavy (non-hydrogen) atoms. The first kappa shape index (κ1) is 21.5. The van der Waals surface area contributed by atoms with Gasteiger partial charge in [0.25, 0.3) is 0 Å². The Morgan fingerprint density at radius 3 is 2.15 bits per heavy atom. The highest BCUT2D eigenvalue weighted by Gasteiger charge is 2.57. The number of rotatable bonds is 5. The fourth-order valence-corrected chi connectivity index (χ4v) is 8.21. The molecule has 0 radical (unpaired) electrons. The van der Waals surface area contributed by atoms with Gasteiger partial charge in [0.05, 0.1) is 12.0 Å². The highest BCUT2D eigenvalue weighted by Crippen LogP contribution is 2.60. The molecule has 4 aliphatic carbocycles. The fourth-order valence-electron chi connectivity index (χ4n) is 8.21. The molecule has 4 bridgehead atoms. The Bertz CT molecular complexity index is 841. The number of ether oxygens (including phenoxy) is 1. The number of carbonyl (C=O) groups is 2. The fraction of sp³-hybridized carbons (Fsp3) is 0.714. The van der Waals surface area contributed by atoms with E-state index < -0.39 is 0 Å². The second-order valence-corrected chi connectivity index (χ2v) is 11.7. The zero-order chi connectivity index (χ0) is 22.4. The predicted octanol–water partition coefficient (Wildman–Crippen LogP) is 4.51. The molecule has 4 saturated carbocycles. The van der Waals surface area contributed by atoms with E-state index >= 15 is 0 Å². The summed E-state index contributed by atoms with van der Waals surface area (Å²) in [6.45, 7) is 3.07. The van der Waals surface area contributed by atoms with E-state index in [1.165, 1.54) is 19.3 Å². The number of nitrogens with zero attached hydrogens (tertiary/aromatic N) is 2. The van der Waals surface area contributed by atoms with Crippen LogP contribution in [0.4, 0.5) is 0 Å². The summed E-state index contributed by atoms with van der Waals surface area (Å²) in [5.74, 6) is 4.22. The second kappa shape index (κ2) is 8.63. The van der Waals surface area contributed by atoms with E-state index in [1.54, 1.807) is 0 Å². The third-order valence-corrected chi connectivity index (χ3v) is 9.45. The van der Waals surface area contributed by atoms with Gasteiger partial charge in [-0.25, -0.2) is 0 Å². The SMILES string of the molecule is O=C(C1CCCN1C(=O)C12CC3CC(CC(C3)C1)C2)N1CCC(COc2ccccc2)CC1. The molecule has 2 aliphatic heterocycles. The minimum Gasteiger partial charge on any atom is -0.493 e. The lowest BCUT2D eigenvalue weighted by molar-refractivity contribution is -0.162. The van der Waals surface area contributed by atoms with Crippen molar-refractivity contribution in [3.63, 3.8) is 0 Å². The molecule has 2 heterocycles. The molecule has 1 aromatic carbocycles. The molecular formula is C28H38N2O3. The quantitative estimate of drug-likeness (QED) is 0.663. The van der Waals surface area contributed by atoms with Gasteiger partial charge >= 0.3 is 0 Å². The number of likely N-dealkylation sites (tertiary alicyclic amines) is 2. The summed E-state index contributed by atoms with van der Waals surface area (Å²) in [5, 5.41) is 0. The third kappa shape index (κ3) is 4.06. The summed E-state index contributed by atoms with van der Waals surface area (Å²) in [6, 6.07) is 9.76. The summed E-state index contributed by atoms with van der Waals surface area (Å²) in [5.41, 5.74) is -0.139. The maximum Gasteiger partial charge on any atom is 0.245 e. The first-order chi connectivity index (χ1) is 16.1. The van der Waals surface area contributed by atoms with Gasteiger partial charge in [0.15, 0.2) is 0 Å². The van der Waals surface area contributed by atoms with Crippen molar-refractivity contribution < 1.29 is 14.3 Å². The van der Waals surface area contributed by atoms with Crippen LogP contribution < -0.4 is 4.74 Å². The van der Waals surface area contributed by atoms with Gasteiger partial charge in [-0.1, -0.05) is 18.2 Å². The van der Waals surface area contributed by atoms with Crippen molar-refractivity contribution in [3.05, 3.63) is 30.3 Å². The van der Waals surface area contributed by atoms with Gasteiger partial charge < -0.3 is 14.5 Å². The molecule has 5 nitrogen and oxygen atoms in total. The molecule has 2 saturated heterocycles. The van der Waals surface area contributed by atoms with Gasteiger partial charge in [0.2, 0.25) is 11.8 Å². The van der Waals surface area contributed by atoms with Crippen LogP contribution in [0.1, 0.15) is 64.2 Å². The number of amides is 2. The number of hydrogen-bond acceptors (Lipinski definition) is 3. The van der Waals surface area contributed by atoms with E-state index in [-0.39, 0.29) is 17.4 Å². The van der Waals surface area contributed by atoms with Crippen LogP contribution in [0.2, 0.25) is 0 Å². The van der Waals surface area contributed by atoms with E-state index in [2.05, 4.69) is 0 Å². The van der Waals surface area contributed by atoms with Crippen LogP contribution in [0.25, 0.3) is 0 Å². The van der Waals surface area contributed by atoms with Crippen LogP contribution in [0.5, 0.6) is 5.75 Å². The van der Waals surface area contributed by atoms with Gasteiger partial charge in [0, 0.05) is 19.6 Å². The molecule has 1 aromatic rings. The minimum atomic E-state index is -0.220. The summed E-state index contributed by atoms with van der Waals surface area (Å²) in [4.78, 5) is 31.5. The lowest BCUT2D eigenvalue weighted by Gasteiger charge is -2.56. The number of piperidine rings is 1. The lowest BCUT2D eigenvalue weighted by atomic mass is 9.49. The van der Waals surface area contributed by atoms with Crippen molar-refractivity contribution in [2.24, 2.45) is 29.1 Å². The van der Waals surface area contributed by atoms with E-state index in [1.807, 2.05) is 40.1 Å². The maximum atomic E-state index is 13.9. The van der Waals surface area contributed by atoms with Gasteiger partial charge in [0.1, 0.15) is 11.8 Å². The van der Waals surface area contributed by atoms with Gasteiger partial charge in [-0.05, 0) is 100 Å². The largest absolute Gasteiger partial charge is 0.493 e. The standard InChI is InChI=1S/C28H38N2O3/c31-26(29-11-8-20(9-12-29)19-33-24-5-2-1-3-6-24)25-7-4-10-30(25)27(32)28-16-21-13-22(17-28)15-23(14-21)18-28/h1-3,5-6,20-23,25H,4,7-19H2. The second-order valence-electron chi connectivity index (χ2n) is 11.7.